The lowest BCUT2D eigenvalue weighted by Crippen LogP contribution is -2.54. The third-order valence-electron chi connectivity index (χ3n) is 6.46. The summed E-state index contributed by atoms with van der Waals surface area (Å²) in [5.41, 5.74) is 1.15. The Balaban J connectivity index is 1.45. The lowest BCUT2D eigenvalue weighted by molar-refractivity contribution is -0.144. The van der Waals surface area contributed by atoms with E-state index in [9.17, 15) is 24.4 Å². The van der Waals surface area contributed by atoms with Gasteiger partial charge < -0.3 is 14.5 Å². The maximum atomic E-state index is 13.4. The summed E-state index contributed by atoms with van der Waals surface area (Å²) in [7, 11) is 1.27. The first-order valence-electron chi connectivity index (χ1n) is 10.3. The molecular weight excluding hydrogens is 414 g/mol. The van der Waals surface area contributed by atoms with E-state index in [4.69, 9.17) is 0 Å². The molecule has 10 heteroatoms. The Morgan fingerprint density at radius 3 is 2.81 bits per heavy atom. The van der Waals surface area contributed by atoms with Crippen LogP contribution in [0.4, 0.5) is 10.5 Å². The molecule has 5 rings (SSSR count). The fourth-order valence-corrected chi connectivity index (χ4v) is 5.06. The van der Waals surface area contributed by atoms with Crippen LogP contribution in [-0.2, 0) is 19.1 Å². The number of methoxy groups -OCH3 is 1. The normalized spacial score (nSPS) is 23.6. The van der Waals surface area contributed by atoms with Gasteiger partial charge in [0.05, 0.1) is 42.4 Å². The number of anilines is 1. The first kappa shape index (κ1) is 19.9. The summed E-state index contributed by atoms with van der Waals surface area (Å²) in [4.78, 5) is 59.4. The van der Waals surface area contributed by atoms with Crippen LogP contribution in [0.25, 0.3) is 10.9 Å². The Morgan fingerprint density at radius 2 is 2.06 bits per heavy atom. The Kier molecular flexibility index (Phi) is 4.55. The van der Waals surface area contributed by atoms with Gasteiger partial charge in [-0.3, -0.25) is 19.4 Å². The SMILES string of the molecule is COC(=O)CCC(=O)N1CC2CC1[C@@H]1C(=O)N(c3ccc(C#N)c4ncccc34)C(=O)N21. The van der Waals surface area contributed by atoms with Crippen molar-refractivity contribution in [2.75, 3.05) is 18.6 Å². The summed E-state index contributed by atoms with van der Waals surface area (Å²) in [5.74, 6) is -1.10. The molecular formula is C22H19N5O5. The third kappa shape index (κ3) is 2.74. The quantitative estimate of drug-likeness (QED) is 0.524. The first-order valence-corrected chi connectivity index (χ1v) is 10.3. The highest BCUT2D eigenvalue weighted by Crippen LogP contribution is 2.43. The van der Waals surface area contributed by atoms with Gasteiger partial charge in [-0.2, -0.15) is 5.26 Å². The van der Waals surface area contributed by atoms with Crippen molar-refractivity contribution >= 4 is 40.4 Å². The van der Waals surface area contributed by atoms with Gasteiger partial charge in [0.15, 0.2) is 0 Å². The number of hydrogen-bond acceptors (Lipinski definition) is 7. The van der Waals surface area contributed by atoms with E-state index in [1.807, 2.05) is 0 Å². The van der Waals surface area contributed by atoms with Crippen molar-refractivity contribution in [3.63, 3.8) is 0 Å². The Labute approximate surface area is 182 Å². The summed E-state index contributed by atoms with van der Waals surface area (Å²) in [6, 6.07) is 6.76. The molecule has 2 bridgehead atoms. The molecule has 0 saturated carbocycles. The number of esters is 1. The Bertz CT molecular complexity index is 1220. The van der Waals surface area contributed by atoms with Crippen LogP contribution in [0.2, 0.25) is 0 Å². The molecule has 0 aliphatic carbocycles. The average molecular weight is 433 g/mol. The Hall–Kier alpha value is -4.00. The standard InChI is InChI=1S/C22H19N5O5/c1-32-18(29)7-6-17(28)25-11-13-9-16(25)20-21(30)27(22(31)26(13)20)15-5-4-12(10-23)19-14(15)3-2-8-24-19/h2-5,8,13,16,20H,6-7,9,11H2,1H3/t13?,16?,20-/m1/s1. The molecule has 1 aromatic carbocycles. The maximum absolute atomic E-state index is 13.4. The number of nitriles is 1. The molecule has 3 saturated heterocycles. The number of fused-ring (bicyclic) bond motifs is 6. The van der Waals surface area contributed by atoms with E-state index in [2.05, 4.69) is 15.8 Å². The number of rotatable bonds is 4. The monoisotopic (exact) mass is 433 g/mol. The van der Waals surface area contributed by atoms with Crippen molar-refractivity contribution < 1.29 is 23.9 Å². The predicted molar refractivity (Wildman–Crippen MR) is 110 cm³/mol. The fourth-order valence-electron chi connectivity index (χ4n) is 5.06. The number of piperazine rings is 1. The van der Waals surface area contributed by atoms with Gasteiger partial charge in [0, 0.05) is 24.5 Å². The minimum absolute atomic E-state index is 0.000390. The van der Waals surface area contributed by atoms with Crippen LogP contribution in [-0.4, -0.2) is 70.4 Å². The molecule has 2 unspecified atom stereocenters. The number of carbonyl (C=O) groups is 4. The topological polar surface area (TPSA) is 124 Å². The van der Waals surface area contributed by atoms with Crippen LogP contribution in [0.15, 0.2) is 30.5 Å². The number of nitrogens with zero attached hydrogens (tertiary/aromatic N) is 5. The number of amides is 4. The number of pyridine rings is 1. The van der Waals surface area contributed by atoms with Gasteiger partial charge in [0.25, 0.3) is 5.91 Å². The summed E-state index contributed by atoms with van der Waals surface area (Å²) >= 11 is 0. The number of urea groups is 1. The van der Waals surface area contributed by atoms with E-state index in [0.29, 0.717) is 35.1 Å². The van der Waals surface area contributed by atoms with Crippen LogP contribution < -0.4 is 4.90 Å². The number of benzene rings is 1. The molecule has 3 aliphatic rings. The molecule has 32 heavy (non-hydrogen) atoms. The fraction of sp³-hybridized carbons (Fsp3) is 0.364. The zero-order chi connectivity index (χ0) is 22.6. The number of imide groups is 1. The third-order valence-corrected chi connectivity index (χ3v) is 6.46. The average Bonchev–Trinajstić information content (AvgIpc) is 3.48. The van der Waals surface area contributed by atoms with Crippen molar-refractivity contribution in [2.45, 2.75) is 37.4 Å². The molecule has 4 amide bonds. The molecule has 3 aliphatic heterocycles. The Morgan fingerprint density at radius 1 is 1.25 bits per heavy atom. The van der Waals surface area contributed by atoms with Gasteiger partial charge in [-0.25, -0.2) is 9.69 Å². The number of carbonyl (C=O) groups excluding carboxylic acids is 4. The first-order chi connectivity index (χ1) is 15.5. The maximum Gasteiger partial charge on any atom is 0.332 e. The molecule has 1 aromatic heterocycles. The molecule has 162 valence electrons. The smallest absolute Gasteiger partial charge is 0.332 e. The lowest BCUT2D eigenvalue weighted by Gasteiger charge is -2.34. The van der Waals surface area contributed by atoms with Crippen molar-refractivity contribution in [1.82, 2.24) is 14.8 Å². The van der Waals surface area contributed by atoms with Gasteiger partial charge in [0.2, 0.25) is 5.91 Å². The van der Waals surface area contributed by atoms with Crippen molar-refractivity contribution in [3.05, 3.63) is 36.0 Å². The molecule has 0 spiro atoms. The second kappa shape index (κ2) is 7.30. The van der Waals surface area contributed by atoms with E-state index in [0.717, 1.165) is 4.90 Å². The van der Waals surface area contributed by atoms with Crippen molar-refractivity contribution in [1.29, 1.82) is 5.26 Å². The molecule has 4 heterocycles. The summed E-state index contributed by atoms with van der Waals surface area (Å²) in [6.07, 6.45) is 2.06. The molecule has 2 aromatic rings. The number of ether oxygens (including phenoxy) is 1. The van der Waals surface area contributed by atoms with E-state index in [-0.39, 0.29) is 24.8 Å². The highest BCUT2D eigenvalue weighted by Gasteiger charge is 2.62. The van der Waals surface area contributed by atoms with E-state index < -0.39 is 30.0 Å². The summed E-state index contributed by atoms with van der Waals surface area (Å²) < 4.78 is 4.59. The van der Waals surface area contributed by atoms with Gasteiger partial charge in [-0.1, -0.05) is 0 Å². The van der Waals surface area contributed by atoms with E-state index in [1.54, 1.807) is 40.3 Å². The van der Waals surface area contributed by atoms with Crippen LogP contribution >= 0.6 is 0 Å². The van der Waals surface area contributed by atoms with Crippen LogP contribution in [0.1, 0.15) is 24.8 Å². The van der Waals surface area contributed by atoms with Crippen LogP contribution in [0.5, 0.6) is 0 Å². The van der Waals surface area contributed by atoms with Crippen LogP contribution in [0, 0.1) is 11.3 Å². The second-order valence-corrected chi connectivity index (χ2v) is 8.03. The summed E-state index contributed by atoms with van der Waals surface area (Å²) in [5, 5.41) is 9.90. The number of aromatic nitrogens is 1. The van der Waals surface area contributed by atoms with Gasteiger partial charge in [-0.05, 0) is 30.7 Å². The van der Waals surface area contributed by atoms with E-state index in [1.165, 1.54) is 7.11 Å². The predicted octanol–water partition coefficient (Wildman–Crippen LogP) is 1.18. The molecule has 10 nitrogen and oxygen atoms in total. The number of hydrogen-bond donors (Lipinski definition) is 0. The second-order valence-electron chi connectivity index (χ2n) is 8.03. The van der Waals surface area contributed by atoms with Gasteiger partial charge in [-0.15, -0.1) is 0 Å². The minimum Gasteiger partial charge on any atom is -0.469 e. The van der Waals surface area contributed by atoms with Crippen LogP contribution in [0.3, 0.4) is 0 Å². The molecule has 0 radical (unpaired) electrons. The minimum atomic E-state index is -0.759. The van der Waals surface area contributed by atoms with Crippen molar-refractivity contribution in [3.8, 4) is 6.07 Å². The van der Waals surface area contributed by atoms with Gasteiger partial charge >= 0.3 is 12.0 Å². The van der Waals surface area contributed by atoms with Crippen molar-refractivity contribution in [2.24, 2.45) is 0 Å². The van der Waals surface area contributed by atoms with Gasteiger partial charge in [0.1, 0.15) is 12.1 Å². The zero-order valence-corrected chi connectivity index (χ0v) is 17.2. The highest BCUT2D eigenvalue weighted by molar-refractivity contribution is 6.25. The lowest BCUT2D eigenvalue weighted by atomic mass is 10.1. The highest BCUT2D eigenvalue weighted by atomic mass is 16.5. The molecule has 0 N–H and O–H groups in total. The van der Waals surface area contributed by atoms with E-state index >= 15 is 0 Å². The largest absolute Gasteiger partial charge is 0.469 e. The molecule has 3 atom stereocenters. The number of likely N-dealkylation sites (tertiary alicyclic amines) is 1. The summed E-state index contributed by atoms with van der Waals surface area (Å²) in [6.45, 7) is 0.337. The zero-order valence-electron chi connectivity index (χ0n) is 17.2. The molecule has 3 fully saturated rings.